The molecular formula is C12H17N3O3S2. The molecule has 2 rings (SSSR count). The molecule has 1 saturated heterocycles. The number of thioether (sulfide) groups is 1. The van der Waals surface area contributed by atoms with Crippen molar-refractivity contribution in [1.82, 2.24) is 5.32 Å². The molecule has 1 aromatic rings. The van der Waals surface area contributed by atoms with Gasteiger partial charge in [-0.15, -0.1) is 0 Å². The molecule has 0 aliphatic carbocycles. The maximum atomic E-state index is 12.0. The zero-order valence-electron chi connectivity index (χ0n) is 11.0. The van der Waals surface area contributed by atoms with Gasteiger partial charge in [-0.05, 0) is 24.6 Å². The van der Waals surface area contributed by atoms with E-state index < -0.39 is 10.0 Å². The highest BCUT2D eigenvalue weighted by Gasteiger charge is 2.21. The second-order valence-electron chi connectivity index (χ2n) is 4.60. The molecule has 0 saturated carbocycles. The zero-order valence-corrected chi connectivity index (χ0v) is 12.7. The Labute approximate surface area is 122 Å². The molecular weight excluding hydrogens is 298 g/mol. The van der Waals surface area contributed by atoms with Crippen LogP contribution >= 0.6 is 11.8 Å². The third-order valence-electron chi connectivity index (χ3n) is 3.00. The highest BCUT2D eigenvalue weighted by Crippen LogP contribution is 2.19. The average molecular weight is 315 g/mol. The van der Waals surface area contributed by atoms with E-state index in [1.165, 1.54) is 6.07 Å². The van der Waals surface area contributed by atoms with E-state index in [0.717, 1.165) is 12.3 Å². The highest BCUT2D eigenvalue weighted by atomic mass is 32.2. The fourth-order valence-corrected chi connectivity index (χ4v) is 3.69. The van der Waals surface area contributed by atoms with Gasteiger partial charge in [0.15, 0.2) is 0 Å². The summed E-state index contributed by atoms with van der Waals surface area (Å²) in [5.74, 6) is 1.53. The second kappa shape index (κ2) is 6.13. The minimum Gasteiger partial charge on any atom is -0.325 e. The van der Waals surface area contributed by atoms with Crippen LogP contribution < -0.4 is 15.8 Å². The van der Waals surface area contributed by atoms with E-state index in [-0.39, 0.29) is 16.8 Å². The fraction of sp³-hybridized carbons (Fsp3) is 0.417. The summed E-state index contributed by atoms with van der Waals surface area (Å²) < 4.78 is 22.9. The van der Waals surface area contributed by atoms with Gasteiger partial charge in [0.1, 0.15) is 0 Å². The monoisotopic (exact) mass is 315 g/mol. The smallest absolute Gasteiger partial charge is 0.242 e. The molecule has 1 amide bonds. The van der Waals surface area contributed by atoms with Gasteiger partial charge >= 0.3 is 0 Å². The summed E-state index contributed by atoms with van der Waals surface area (Å²) in [5, 5.41) is 11.0. The first-order valence-electron chi connectivity index (χ1n) is 6.13. The number of carbonyl (C=O) groups is 1. The van der Waals surface area contributed by atoms with Gasteiger partial charge in [0.25, 0.3) is 0 Å². The van der Waals surface area contributed by atoms with E-state index in [2.05, 4.69) is 10.6 Å². The van der Waals surface area contributed by atoms with Crippen LogP contribution in [0.4, 0.5) is 5.69 Å². The van der Waals surface area contributed by atoms with Crippen LogP contribution in [0, 0.1) is 6.92 Å². The SMILES string of the molecule is Cc1ccc(NC(=O)C2CSCCN2)cc1S(N)(=O)=O. The van der Waals surface area contributed by atoms with Crippen molar-refractivity contribution in [2.45, 2.75) is 17.9 Å². The van der Waals surface area contributed by atoms with E-state index in [9.17, 15) is 13.2 Å². The van der Waals surface area contributed by atoms with Crippen molar-refractivity contribution in [3.63, 3.8) is 0 Å². The van der Waals surface area contributed by atoms with Gasteiger partial charge in [0, 0.05) is 23.7 Å². The Morgan fingerprint density at radius 2 is 2.25 bits per heavy atom. The predicted molar refractivity (Wildman–Crippen MR) is 80.3 cm³/mol. The molecule has 1 aliphatic heterocycles. The first-order chi connectivity index (χ1) is 9.38. The molecule has 1 heterocycles. The first-order valence-corrected chi connectivity index (χ1v) is 8.83. The number of amides is 1. The van der Waals surface area contributed by atoms with Gasteiger partial charge < -0.3 is 10.6 Å². The molecule has 1 unspecified atom stereocenters. The Morgan fingerprint density at radius 1 is 1.50 bits per heavy atom. The Balaban J connectivity index is 2.15. The van der Waals surface area contributed by atoms with E-state index in [0.29, 0.717) is 17.0 Å². The predicted octanol–water partition coefficient (Wildman–Crippen LogP) is 0.286. The number of sulfonamides is 1. The molecule has 1 fully saturated rings. The maximum absolute atomic E-state index is 12.0. The molecule has 0 radical (unpaired) electrons. The Morgan fingerprint density at radius 3 is 2.85 bits per heavy atom. The van der Waals surface area contributed by atoms with Crippen molar-refractivity contribution >= 4 is 33.4 Å². The van der Waals surface area contributed by atoms with Gasteiger partial charge in [-0.2, -0.15) is 11.8 Å². The van der Waals surface area contributed by atoms with Crippen molar-refractivity contribution in [1.29, 1.82) is 0 Å². The van der Waals surface area contributed by atoms with Gasteiger partial charge in [-0.3, -0.25) is 4.79 Å². The average Bonchev–Trinajstić information content (AvgIpc) is 2.40. The minimum absolute atomic E-state index is 0.0290. The number of nitrogens with one attached hydrogen (secondary N) is 2. The normalized spacial score (nSPS) is 19.6. The Kier molecular flexibility index (Phi) is 4.69. The first kappa shape index (κ1) is 15.3. The van der Waals surface area contributed by atoms with Gasteiger partial charge in [-0.1, -0.05) is 6.07 Å². The summed E-state index contributed by atoms with van der Waals surface area (Å²) in [6.45, 7) is 2.45. The molecule has 4 N–H and O–H groups in total. The molecule has 110 valence electrons. The molecule has 0 spiro atoms. The van der Waals surface area contributed by atoms with Gasteiger partial charge in [-0.25, -0.2) is 13.6 Å². The van der Waals surface area contributed by atoms with Crippen LogP contribution in [0.25, 0.3) is 0 Å². The number of aryl methyl sites for hydroxylation is 1. The van der Waals surface area contributed by atoms with Crippen LogP contribution in [0.15, 0.2) is 23.1 Å². The van der Waals surface area contributed by atoms with Crippen molar-refractivity contribution in [3.05, 3.63) is 23.8 Å². The zero-order chi connectivity index (χ0) is 14.8. The molecule has 0 aromatic heterocycles. The van der Waals surface area contributed by atoms with Crippen molar-refractivity contribution in [2.24, 2.45) is 5.14 Å². The maximum Gasteiger partial charge on any atom is 0.242 e. The van der Waals surface area contributed by atoms with Crippen LogP contribution in [0.2, 0.25) is 0 Å². The van der Waals surface area contributed by atoms with Gasteiger partial charge in [0.05, 0.1) is 10.9 Å². The standard InChI is InChI=1S/C12H17N3O3S2/c1-8-2-3-9(6-11(8)20(13,17)18)15-12(16)10-7-19-5-4-14-10/h2-3,6,10,14H,4-5,7H2,1H3,(H,15,16)(H2,13,17,18). The molecule has 1 aromatic carbocycles. The number of nitrogens with two attached hydrogens (primary N) is 1. The summed E-state index contributed by atoms with van der Waals surface area (Å²) in [6.07, 6.45) is 0. The quantitative estimate of drug-likeness (QED) is 0.744. The fourth-order valence-electron chi connectivity index (χ4n) is 1.95. The summed E-state index contributed by atoms with van der Waals surface area (Å²) in [5.41, 5.74) is 0.985. The van der Waals surface area contributed by atoms with Crippen LogP contribution in [0.1, 0.15) is 5.56 Å². The summed E-state index contributed by atoms with van der Waals surface area (Å²) in [6, 6.07) is 4.42. The van der Waals surface area contributed by atoms with Crippen molar-refractivity contribution in [3.8, 4) is 0 Å². The lowest BCUT2D eigenvalue weighted by Crippen LogP contribution is -2.46. The number of anilines is 1. The Bertz CT molecular complexity index is 610. The van der Waals surface area contributed by atoms with Crippen LogP contribution in [0.3, 0.4) is 0 Å². The second-order valence-corrected chi connectivity index (χ2v) is 7.28. The number of carbonyl (C=O) groups excluding carboxylic acids is 1. The summed E-state index contributed by atoms with van der Waals surface area (Å²) >= 11 is 1.71. The number of hydrogen-bond donors (Lipinski definition) is 3. The molecule has 6 nitrogen and oxygen atoms in total. The number of rotatable bonds is 3. The van der Waals surface area contributed by atoms with Crippen molar-refractivity contribution in [2.75, 3.05) is 23.4 Å². The molecule has 1 aliphatic rings. The lowest BCUT2D eigenvalue weighted by atomic mass is 10.2. The summed E-state index contributed by atoms with van der Waals surface area (Å²) in [4.78, 5) is 12.1. The lowest BCUT2D eigenvalue weighted by molar-refractivity contribution is -0.117. The highest BCUT2D eigenvalue weighted by molar-refractivity contribution is 7.99. The third kappa shape index (κ3) is 3.72. The van der Waals surface area contributed by atoms with Crippen LogP contribution in [-0.4, -0.2) is 38.4 Å². The van der Waals surface area contributed by atoms with Gasteiger partial charge in [0.2, 0.25) is 15.9 Å². The number of primary sulfonamides is 1. The molecule has 20 heavy (non-hydrogen) atoms. The largest absolute Gasteiger partial charge is 0.325 e. The van der Waals surface area contributed by atoms with Crippen LogP contribution in [-0.2, 0) is 14.8 Å². The number of benzene rings is 1. The van der Waals surface area contributed by atoms with E-state index in [4.69, 9.17) is 5.14 Å². The Hall–Kier alpha value is -1.09. The van der Waals surface area contributed by atoms with E-state index >= 15 is 0 Å². The van der Waals surface area contributed by atoms with E-state index in [1.54, 1.807) is 30.8 Å². The van der Waals surface area contributed by atoms with Crippen molar-refractivity contribution < 1.29 is 13.2 Å². The third-order valence-corrected chi connectivity index (χ3v) is 5.12. The summed E-state index contributed by atoms with van der Waals surface area (Å²) in [7, 11) is -3.79. The number of hydrogen-bond acceptors (Lipinski definition) is 5. The molecule has 1 atom stereocenters. The lowest BCUT2D eigenvalue weighted by Gasteiger charge is -2.22. The van der Waals surface area contributed by atoms with Crippen LogP contribution in [0.5, 0.6) is 0 Å². The minimum atomic E-state index is -3.79. The van der Waals surface area contributed by atoms with E-state index in [1.807, 2.05) is 0 Å². The molecule has 8 heteroatoms. The molecule has 0 bridgehead atoms. The topological polar surface area (TPSA) is 101 Å².